The van der Waals surface area contributed by atoms with Crippen LogP contribution in [-0.2, 0) is 0 Å². The Hall–Kier alpha value is -3.18. The number of halogens is 2. The third-order valence-electron chi connectivity index (χ3n) is 5.81. The molecule has 1 aliphatic rings. The summed E-state index contributed by atoms with van der Waals surface area (Å²) in [5, 5.41) is 3.75. The highest BCUT2D eigenvalue weighted by molar-refractivity contribution is 6.34. The number of rotatable bonds is 9. The lowest BCUT2D eigenvalue weighted by Gasteiger charge is -2.32. The molecule has 3 heterocycles. The van der Waals surface area contributed by atoms with Crippen LogP contribution >= 0.6 is 23.2 Å². The van der Waals surface area contributed by atoms with Crippen LogP contribution in [-0.4, -0.2) is 84.3 Å². The topological polar surface area (TPSA) is 96.0 Å². The van der Waals surface area contributed by atoms with E-state index < -0.39 is 6.09 Å². The largest absolute Gasteiger partial charge is 0.478 e. The minimum atomic E-state index is -0.676. The maximum Gasteiger partial charge on any atom is 0.420 e. The first-order chi connectivity index (χ1) is 17.9. The molecule has 1 aromatic carbocycles. The first kappa shape index (κ1) is 26.9. The minimum absolute atomic E-state index is 0.158. The average molecular weight is 546 g/mol. The van der Waals surface area contributed by atoms with Crippen molar-refractivity contribution in [1.29, 1.82) is 0 Å². The number of nitrogens with one attached hydrogen (secondary N) is 1. The van der Waals surface area contributed by atoms with Gasteiger partial charge in [-0.3, -0.25) is 4.90 Å². The average Bonchev–Trinajstić information content (AvgIpc) is 2.90. The molecular weight excluding hydrogens is 517 g/mol. The van der Waals surface area contributed by atoms with Crippen LogP contribution in [0.3, 0.4) is 0 Å². The number of anilines is 3. The molecule has 1 saturated heterocycles. The standard InChI is InChI=1S/C25H29Cl2N7O3/c1-32-11-13-34(14-12-32)10-3-15-36-23-7-5-19(17-29-23)30-24-28-9-8-22(31-24)33(2)25(35)37-21-16-18(26)4-6-20(21)27/h4-9,16-17H,3,10-15H2,1-2H3,(H,28,30,31). The molecule has 2 aromatic heterocycles. The van der Waals surface area contributed by atoms with Crippen LogP contribution in [0.4, 0.5) is 22.2 Å². The zero-order valence-corrected chi connectivity index (χ0v) is 22.2. The van der Waals surface area contributed by atoms with Gasteiger partial charge in [0.05, 0.1) is 23.5 Å². The molecule has 4 rings (SSSR count). The second-order valence-electron chi connectivity index (χ2n) is 8.60. The number of aromatic nitrogens is 3. The third-order valence-corrected chi connectivity index (χ3v) is 6.35. The number of nitrogens with zero attached hydrogens (tertiary/aromatic N) is 6. The molecule has 3 aromatic rings. The molecule has 0 spiro atoms. The van der Waals surface area contributed by atoms with Crippen molar-refractivity contribution >= 4 is 46.7 Å². The van der Waals surface area contributed by atoms with Crippen LogP contribution in [0.25, 0.3) is 0 Å². The van der Waals surface area contributed by atoms with Crippen LogP contribution in [0.15, 0.2) is 48.8 Å². The normalized spacial score (nSPS) is 14.3. The van der Waals surface area contributed by atoms with Crippen LogP contribution in [0.1, 0.15) is 6.42 Å². The molecule has 37 heavy (non-hydrogen) atoms. The van der Waals surface area contributed by atoms with Gasteiger partial charge in [-0.15, -0.1) is 0 Å². The van der Waals surface area contributed by atoms with Gasteiger partial charge < -0.3 is 24.6 Å². The Morgan fingerprint density at radius 2 is 1.92 bits per heavy atom. The van der Waals surface area contributed by atoms with E-state index in [0.717, 1.165) is 39.1 Å². The SMILES string of the molecule is CN1CCN(CCCOc2ccc(Nc3nccc(N(C)C(=O)Oc4cc(Cl)ccc4Cl)n3)cn2)CC1. The summed E-state index contributed by atoms with van der Waals surface area (Å²) in [5.41, 5.74) is 0.679. The molecule has 0 radical (unpaired) electrons. The van der Waals surface area contributed by atoms with Gasteiger partial charge >= 0.3 is 6.09 Å². The zero-order chi connectivity index (χ0) is 26.2. The monoisotopic (exact) mass is 545 g/mol. The number of hydrogen-bond acceptors (Lipinski definition) is 9. The maximum absolute atomic E-state index is 12.6. The van der Waals surface area contributed by atoms with E-state index in [1.54, 1.807) is 30.5 Å². The number of pyridine rings is 1. The molecule has 0 bridgehead atoms. The van der Waals surface area contributed by atoms with Gasteiger partial charge in [-0.25, -0.2) is 14.8 Å². The fraction of sp³-hybridized carbons (Fsp3) is 0.360. The summed E-state index contributed by atoms with van der Waals surface area (Å²) in [6.45, 7) is 6.07. The van der Waals surface area contributed by atoms with Crippen LogP contribution < -0.4 is 19.7 Å². The van der Waals surface area contributed by atoms with E-state index in [4.69, 9.17) is 32.7 Å². The summed E-state index contributed by atoms with van der Waals surface area (Å²) in [6, 6.07) is 9.84. The molecule has 1 aliphatic heterocycles. The first-order valence-corrected chi connectivity index (χ1v) is 12.6. The van der Waals surface area contributed by atoms with Crippen molar-refractivity contribution in [2.45, 2.75) is 6.42 Å². The number of benzene rings is 1. The van der Waals surface area contributed by atoms with Crippen molar-refractivity contribution in [3.63, 3.8) is 0 Å². The Balaban J connectivity index is 1.27. The summed E-state index contributed by atoms with van der Waals surface area (Å²) in [5.74, 6) is 1.33. The van der Waals surface area contributed by atoms with Crippen molar-refractivity contribution in [3.05, 3.63) is 58.8 Å². The molecule has 1 fully saturated rings. The molecule has 1 N–H and O–H groups in total. The summed E-state index contributed by atoms with van der Waals surface area (Å²) in [6.07, 6.45) is 3.45. The van der Waals surface area contributed by atoms with E-state index in [2.05, 4.69) is 37.1 Å². The maximum atomic E-state index is 12.6. The molecular formula is C25H29Cl2N7O3. The molecule has 0 saturated carbocycles. The van der Waals surface area contributed by atoms with Crippen molar-refractivity contribution in [1.82, 2.24) is 24.8 Å². The van der Waals surface area contributed by atoms with Gasteiger partial charge in [-0.05, 0) is 37.7 Å². The first-order valence-electron chi connectivity index (χ1n) is 11.9. The lowest BCUT2D eigenvalue weighted by Crippen LogP contribution is -2.44. The Bertz CT molecular complexity index is 1190. The van der Waals surface area contributed by atoms with E-state index in [1.807, 2.05) is 6.07 Å². The highest BCUT2D eigenvalue weighted by Gasteiger charge is 2.17. The van der Waals surface area contributed by atoms with E-state index >= 15 is 0 Å². The Kier molecular flexibility index (Phi) is 9.34. The lowest BCUT2D eigenvalue weighted by atomic mass is 10.3. The molecule has 0 unspecified atom stereocenters. The fourth-order valence-corrected chi connectivity index (χ4v) is 3.93. The Morgan fingerprint density at radius 1 is 1.11 bits per heavy atom. The minimum Gasteiger partial charge on any atom is -0.478 e. The van der Waals surface area contributed by atoms with Crippen molar-refractivity contribution < 1.29 is 14.3 Å². The van der Waals surface area contributed by atoms with E-state index in [1.165, 1.54) is 24.2 Å². The van der Waals surface area contributed by atoms with Crippen LogP contribution in [0.5, 0.6) is 11.6 Å². The molecule has 12 heteroatoms. The number of hydrogen-bond donors (Lipinski definition) is 1. The van der Waals surface area contributed by atoms with Gasteiger partial charge in [0, 0.05) is 63.1 Å². The lowest BCUT2D eigenvalue weighted by molar-refractivity contribution is 0.145. The van der Waals surface area contributed by atoms with Gasteiger partial charge in [0.15, 0.2) is 5.75 Å². The number of amides is 1. The summed E-state index contributed by atoms with van der Waals surface area (Å²) in [7, 11) is 3.69. The molecule has 0 aliphatic carbocycles. The fourth-order valence-electron chi connectivity index (χ4n) is 3.61. The summed E-state index contributed by atoms with van der Waals surface area (Å²) < 4.78 is 11.1. The van der Waals surface area contributed by atoms with E-state index in [-0.39, 0.29) is 10.8 Å². The van der Waals surface area contributed by atoms with Gasteiger partial charge in [0.25, 0.3) is 0 Å². The van der Waals surface area contributed by atoms with Gasteiger partial charge in [0.2, 0.25) is 11.8 Å². The summed E-state index contributed by atoms with van der Waals surface area (Å²) in [4.78, 5) is 31.6. The van der Waals surface area contributed by atoms with Gasteiger partial charge in [-0.2, -0.15) is 4.98 Å². The van der Waals surface area contributed by atoms with Crippen LogP contribution in [0, 0.1) is 0 Å². The Morgan fingerprint density at radius 3 is 2.68 bits per heavy atom. The molecule has 1 amide bonds. The highest BCUT2D eigenvalue weighted by atomic mass is 35.5. The van der Waals surface area contributed by atoms with E-state index in [0.29, 0.717) is 35.0 Å². The second kappa shape index (κ2) is 12.9. The van der Waals surface area contributed by atoms with Crippen molar-refractivity contribution in [2.75, 3.05) is 63.6 Å². The number of carbonyl (C=O) groups is 1. The highest BCUT2D eigenvalue weighted by Crippen LogP contribution is 2.28. The smallest absolute Gasteiger partial charge is 0.420 e. The number of carbonyl (C=O) groups excluding carboxylic acids is 1. The van der Waals surface area contributed by atoms with Crippen molar-refractivity contribution in [2.24, 2.45) is 0 Å². The van der Waals surface area contributed by atoms with Crippen molar-refractivity contribution in [3.8, 4) is 11.6 Å². The number of piperazine rings is 1. The van der Waals surface area contributed by atoms with Gasteiger partial charge in [-0.1, -0.05) is 23.2 Å². The Labute approximate surface area is 226 Å². The molecule has 0 atom stereocenters. The van der Waals surface area contributed by atoms with Gasteiger partial charge in [0.1, 0.15) is 5.82 Å². The molecule has 10 nitrogen and oxygen atoms in total. The number of ether oxygens (including phenoxy) is 2. The third kappa shape index (κ3) is 7.90. The zero-order valence-electron chi connectivity index (χ0n) is 20.7. The predicted molar refractivity (Wildman–Crippen MR) is 144 cm³/mol. The van der Waals surface area contributed by atoms with E-state index in [9.17, 15) is 4.79 Å². The molecule has 196 valence electrons. The number of likely N-dealkylation sites (N-methyl/N-ethyl adjacent to an activating group) is 1. The van der Waals surface area contributed by atoms with Crippen LogP contribution in [0.2, 0.25) is 10.0 Å². The predicted octanol–water partition coefficient (Wildman–Crippen LogP) is 4.57. The quantitative estimate of drug-likeness (QED) is 0.387. The summed E-state index contributed by atoms with van der Waals surface area (Å²) >= 11 is 12.0. The second-order valence-corrected chi connectivity index (χ2v) is 9.44.